The summed E-state index contributed by atoms with van der Waals surface area (Å²) in [6.45, 7) is 4.76. The number of aromatic nitrogens is 1. The minimum atomic E-state index is -0.407. The number of fused-ring (bicyclic) bond motifs is 1. The fourth-order valence-corrected chi connectivity index (χ4v) is 3.17. The molecule has 0 radical (unpaired) electrons. The van der Waals surface area contributed by atoms with Crippen molar-refractivity contribution < 1.29 is 4.79 Å². The van der Waals surface area contributed by atoms with E-state index in [4.69, 9.17) is 0 Å². The van der Waals surface area contributed by atoms with Crippen molar-refractivity contribution in [3.63, 3.8) is 0 Å². The predicted molar refractivity (Wildman–Crippen MR) is 113 cm³/mol. The fourth-order valence-electron chi connectivity index (χ4n) is 3.17. The lowest BCUT2D eigenvalue weighted by atomic mass is 10.0. The molecule has 0 saturated heterocycles. The first-order valence-corrected chi connectivity index (χ1v) is 9.39. The molecule has 0 aliphatic heterocycles. The molecular weight excluding hydrogens is 348 g/mol. The van der Waals surface area contributed by atoms with Gasteiger partial charge in [0.2, 0.25) is 0 Å². The molecule has 28 heavy (non-hydrogen) atoms. The van der Waals surface area contributed by atoms with Crippen LogP contribution in [0.4, 0.5) is 5.69 Å². The van der Waals surface area contributed by atoms with Gasteiger partial charge < -0.3 is 15.6 Å². The minimum Gasteiger partial charge on any atom is -0.389 e. The van der Waals surface area contributed by atoms with Crippen molar-refractivity contribution in [3.8, 4) is 6.07 Å². The Hall–Kier alpha value is -3.52. The van der Waals surface area contributed by atoms with Crippen LogP contribution >= 0.6 is 0 Å². The number of amides is 1. The molecule has 1 heterocycles. The number of carbonyl (C=O) groups excluding carboxylic acids is 1. The first-order valence-electron chi connectivity index (χ1n) is 9.39. The average Bonchev–Trinajstić information content (AvgIpc) is 3.11. The van der Waals surface area contributed by atoms with Crippen LogP contribution in [-0.4, -0.2) is 17.4 Å². The summed E-state index contributed by atoms with van der Waals surface area (Å²) in [4.78, 5) is 15.7. The zero-order valence-corrected chi connectivity index (χ0v) is 16.1. The third-order valence-corrected chi connectivity index (χ3v) is 4.66. The van der Waals surface area contributed by atoms with Crippen LogP contribution in [0, 0.1) is 11.3 Å². The van der Waals surface area contributed by atoms with E-state index in [1.807, 2.05) is 54.7 Å². The van der Waals surface area contributed by atoms with Gasteiger partial charge in [-0.15, -0.1) is 0 Å². The maximum atomic E-state index is 12.5. The van der Waals surface area contributed by atoms with E-state index in [0.717, 1.165) is 23.2 Å². The number of benzene rings is 2. The van der Waals surface area contributed by atoms with Gasteiger partial charge in [-0.1, -0.05) is 50.2 Å². The van der Waals surface area contributed by atoms with Gasteiger partial charge in [0.15, 0.2) is 0 Å². The smallest absolute Gasteiger partial charge is 0.267 e. The second-order valence-corrected chi connectivity index (χ2v) is 6.93. The maximum Gasteiger partial charge on any atom is 0.267 e. The van der Waals surface area contributed by atoms with E-state index >= 15 is 0 Å². The number of carbonyl (C=O) groups is 1. The summed E-state index contributed by atoms with van der Waals surface area (Å²) in [6, 6.07) is 17.8. The van der Waals surface area contributed by atoms with Crippen molar-refractivity contribution >= 4 is 22.5 Å². The van der Waals surface area contributed by atoms with Crippen LogP contribution in [0.1, 0.15) is 30.9 Å². The Morgan fingerprint density at radius 1 is 1.18 bits per heavy atom. The molecule has 0 spiro atoms. The molecule has 1 aromatic heterocycles. The summed E-state index contributed by atoms with van der Waals surface area (Å²) in [5.74, 6) is -0.129. The Morgan fingerprint density at radius 2 is 1.93 bits per heavy atom. The number of nitriles is 1. The molecule has 3 rings (SSSR count). The molecule has 5 heteroatoms. The van der Waals surface area contributed by atoms with Crippen LogP contribution < -0.4 is 10.6 Å². The highest BCUT2D eigenvalue weighted by molar-refractivity contribution is 6.06. The number of para-hydroxylation sites is 2. The second kappa shape index (κ2) is 8.92. The summed E-state index contributed by atoms with van der Waals surface area (Å²) in [5, 5.41) is 16.5. The van der Waals surface area contributed by atoms with Gasteiger partial charge in [-0.2, -0.15) is 5.26 Å². The van der Waals surface area contributed by atoms with E-state index in [1.165, 1.54) is 17.1 Å². The number of anilines is 1. The highest BCUT2D eigenvalue weighted by atomic mass is 16.1. The number of nitrogens with zero attached hydrogens (tertiary/aromatic N) is 1. The Balaban J connectivity index is 1.61. The van der Waals surface area contributed by atoms with Gasteiger partial charge >= 0.3 is 0 Å². The molecule has 0 aliphatic rings. The summed E-state index contributed by atoms with van der Waals surface area (Å²) in [7, 11) is 0. The van der Waals surface area contributed by atoms with E-state index in [-0.39, 0.29) is 11.5 Å². The fraction of sp³-hybridized carbons (Fsp3) is 0.217. The van der Waals surface area contributed by atoms with Gasteiger partial charge in [0.05, 0.1) is 0 Å². The van der Waals surface area contributed by atoms with E-state index in [2.05, 4.69) is 35.5 Å². The number of hydrogen-bond donors (Lipinski definition) is 3. The van der Waals surface area contributed by atoms with E-state index in [1.54, 1.807) is 0 Å². The Kier molecular flexibility index (Phi) is 6.13. The lowest BCUT2D eigenvalue weighted by Gasteiger charge is -2.13. The third-order valence-electron chi connectivity index (χ3n) is 4.66. The summed E-state index contributed by atoms with van der Waals surface area (Å²) in [5.41, 5.74) is 4.14. The summed E-state index contributed by atoms with van der Waals surface area (Å²) < 4.78 is 0. The molecule has 0 aliphatic carbocycles. The summed E-state index contributed by atoms with van der Waals surface area (Å²) in [6.07, 6.45) is 4.27. The zero-order valence-electron chi connectivity index (χ0n) is 16.1. The quantitative estimate of drug-likeness (QED) is 0.325. The molecule has 5 nitrogen and oxygen atoms in total. The zero-order chi connectivity index (χ0) is 19.9. The molecule has 142 valence electrons. The number of rotatable bonds is 7. The molecule has 0 atom stereocenters. The van der Waals surface area contributed by atoms with Gasteiger partial charge in [0.25, 0.3) is 5.91 Å². The topological polar surface area (TPSA) is 80.7 Å². The van der Waals surface area contributed by atoms with Crippen LogP contribution in [0.5, 0.6) is 0 Å². The Morgan fingerprint density at radius 3 is 2.71 bits per heavy atom. The van der Waals surface area contributed by atoms with Gasteiger partial charge in [0.1, 0.15) is 11.6 Å². The lowest BCUT2D eigenvalue weighted by Crippen LogP contribution is -2.18. The second-order valence-electron chi connectivity index (χ2n) is 6.93. The van der Waals surface area contributed by atoms with Crippen LogP contribution in [0.2, 0.25) is 0 Å². The van der Waals surface area contributed by atoms with Gasteiger partial charge in [-0.05, 0) is 35.6 Å². The van der Waals surface area contributed by atoms with E-state index in [0.29, 0.717) is 6.54 Å². The highest BCUT2D eigenvalue weighted by Gasteiger charge is 2.13. The molecule has 3 N–H and O–H groups in total. The van der Waals surface area contributed by atoms with Crippen LogP contribution in [0.3, 0.4) is 0 Å². The molecule has 2 aromatic carbocycles. The molecule has 0 fully saturated rings. The SMILES string of the molecule is CC(C)c1ccccc1NC(=O)/C(C#N)=C\NCCc1c[nH]c2ccccc12. The van der Waals surface area contributed by atoms with Gasteiger partial charge in [0, 0.05) is 35.5 Å². The molecule has 0 saturated carbocycles. The molecule has 1 amide bonds. The van der Waals surface area contributed by atoms with Crippen molar-refractivity contribution in [3.05, 3.63) is 77.6 Å². The van der Waals surface area contributed by atoms with Crippen molar-refractivity contribution in [2.24, 2.45) is 0 Å². The van der Waals surface area contributed by atoms with Gasteiger partial charge in [-0.3, -0.25) is 4.79 Å². The largest absolute Gasteiger partial charge is 0.389 e. The number of H-pyrrole nitrogens is 1. The van der Waals surface area contributed by atoms with Crippen molar-refractivity contribution in [2.45, 2.75) is 26.2 Å². The van der Waals surface area contributed by atoms with Crippen LogP contribution in [0.25, 0.3) is 10.9 Å². The molecule has 0 bridgehead atoms. The Labute approximate surface area is 165 Å². The monoisotopic (exact) mass is 372 g/mol. The standard InChI is InChI=1S/C23H24N4O/c1-16(2)19-7-3-6-10-22(19)27-23(28)18(13-24)14-25-12-11-17-15-26-21-9-5-4-8-20(17)21/h3-10,14-16,25-26H,11-12H2,1-2H3,(H,27,28)/b18-14-. The van der Waals surface area contributed by atoms with Crippen molar-refractivity contribution in [2.75, 3.05) is 11.9 Å². The average molecular weight is 372 g/mol. The minimum absolute atomic E-state index is 0.0532. The lowest BCUT2D eigenvalue weighted by molar-refractivity contribution is -0.112. The molecule has 0 unspecified atom stereocenters. The molecule has 3 aromatic rings. The van der Waals surface area contributed by atoms with Crippen molar-refractivity contribution in [1.29, 1.82) is 5.26 Å². The van der Waals surface area contributed by atoms with Crippen molar-refractivity contribution in [1.82, 2.24) is 10.3 Å². The number of hydrogen-bond acceptors (Lipinski definition) is 3. The van der Waals surface area contributed by atoms with Crippen LogP contribution in [0.15, 0.2) is 66.5 Å². The normalized spacial score (nSPS) is 11.4. The highest BCUT2D eigenvalue weighted by Crippen LogP contribution is 2.24. The molecular formula is C23H24N4O. The maximum absolute atomic E-state index is 12.5. The van der Waals surface area contributed by atoms with E-state index in [9.17, 15) is 10.1 Å². The number of aromatic amines is 1. The van der Waals surface area contributed by atoms with E-state index < -0.39 is 5.91 Å². The first kappa shape index (κ1) is 19.2. The number of nitrogens with one attached hydrogen (secondary N) is 3. The van der Waals surface area contributed by atoms with Gasteiger partial charge in [-0.25, -0.2) is 0 Å². The Bertz CT molecular complexity index is 1040. The first-order chi connectivity index (χ1) is 13.6. The summed E-state index contributed by atoms with van der Waals surface area (Å²) >= 11 is 0. The third kappa shape index (κ3) is 4.41. The predicted octanol–water partition coefficient (Wildman–Crippen LogP) is 4.47. The van der Waals surface area contributed by atoms with Crippen LogP contribution in [-0.2, 0) is 11.2 Å².